The van der Waals surface area contributed by atoms with Gasteiger partial charge < -0.3 is 54.9 Å². The number of sulfonamides is 1. The standard InChI is InChI=1S/C55H67N9O15S2/c1-37-30-43(31-38(2)52(37)80(71,72)63-46(55(69)70)35-60-54(68)45-36-64(3)47-32-39(14-19-44(47)51(45)66)33-59-49-12-6-20-56-49)79-25-7-13-50(65)57-21-8-23-76-26-28-78-29-27-77-24-9-22-58-53(67)40-15-17-42(18-16-40)62-61-34-41-10-4-5-11-48(41)81(73,74)75/h4-6,10-12,14-20,30-32,34,36,46,56,59,62-63H,7-9,13,21-29,33,35H2,1-3H3,(H,57,65)(H,58,67)(H,60,68)(H,69,70)(H,73,74,75)/b61-34+/t46-/m0/s1. The van der Waals surface area contributed by atoms with Crippen molar-refractivity contribution in [1.82, 2.24) is 30.2 Å². The summed E-state index contributed by atoms with van der Waals surface area (Å²) in [5.41, 5.74) is 5.16. The van der Waals surface area contributed by atoms with E-state index in [1.807, 2.05) is 18.2 Å². The molecule has 0 saturated carbocycles. The van der Waals surface area contributed by atoms with Crippen molar-refractivity contribution in [2.45, 2.75) is 61.9 Å². The van der Waals surface area contributed by atoms with Gasteiger partial charge in [0.1, 0.15) is 28.1 Å². The maximum absolute atomic E-state index is 13.6. The van der Waals surface area contributed by atoms with Gasteiger partial charge in [0, 0.05) is 81.8 Å². The van der Waals surface area contributed by atoms with Gasteiger partial charge in [0.05, 0.1) is 55.3 Å². The number of anilines is 2. The molecule has 0 bridgehead atoms. The van der Waals surface area contributed by atoms with Crippen molar-refractivity contribution in [3.63, 3.8) is 0 Å². The highest BCUT2D eigenvalue weighted by molar-refractivity contribution is 7.89. The molecule has 0 radical (unpaired) electrons. The second-order valence-corrected chi connectivity index (χ2v) is 21.5. The summed E-state index contributed by atoms with van der Waals surface area (Å²) in [4.78, 5) is 66.5. The van der Waals surface area contributed by atoms with Crippen molar-refractivity contribution < 1.29 is 64.6 Å². The number of carboxylic acid groups (broad SMARTS) is 1. The van der Waals surface area contributed by atoms with Crippen LogP contribution in [-0.2, 0) is 57.5 Å². The molecule has 4 aromatic carbocycles. The lowest BCUT2D eigenvalue weighted by atomic mass is 10.1. The van der Waals surface area contributed by atoms with Crippen LogP contribution in [-0.4, -0.2) is 138 Å². The normalized spacial score (nSPS) is 12.0. The molecule has 0 aliphatic carbocycles. The number of amides is 3. The molecule has 0 saturated heterocycles. The molecule has 1 atom stereocenters. The maximum Gasteiger partial charge on any atom is 0.323 e. The first-order valence-corrected chi connectivity index (χ1v) is 28.7. The summed E-state index contributed by atoms with van der Waals surface area (Å²) in [7, 11) is -7.18. The van der Waals surface area contributed by atoms with E-state index in [0.29, 0.717) is 101 Å². The summed E-state index contributed by atoms with van der Waals surface area (Å²) in [5, 5.41) is 25.5. The summed E-state index contributed by atoms with van der Waals surface area (Å²) in [5.74, 6) is -1.67. The number of aromatic amines is 1. The van der Waals surface area contributed by atoms with Crippen LogP contribution in [0.25, 0.3) is 10.9 Å². The molecule has 81 heavy (non-hydrogen) atoms. The third-order valence-corrected chi connectivity index (χ3v) is 14.9. The molecule has 0 aliphatic heterocycles. The second-order valence-electron chi connectivity index (χ2n) is 18.4. The van der Waals surface area contributed by atoms with Gasteiger partial charge in [-0.15, -0.1) is 0 Å². The van der Waals surface area contributed by atoms with Crippen molar-refractivity contribution in [2.24, 2.45) is 12.1 Å². The van der Waals surface area contributed by atoms with E-state index in [0.717, 1.165) is 11.4 Å². The zero-order chi connectivity index (χ0) is 58.4. The number of hydrogen-bond donors (Lipinski definition) is 9. The molecule has 2 heterocycles. The van der Waals surface area contributed by atoms with Crippen LogP contribution in [0, 0.1) is 13.8 Å². The molecule has 0 spiro atoms. The first kappa shape index (κ1) is 62.2. The number of benzene rings is 4. The number of aryl methyl sites for hydroxylation is 3. The van der Waals surface area contributed by atoms with Crippen molar-refractivity contribution in [1.29, 1.82) is 0 Å². The molecule has 3 amide bonds. The number of fused-ring (bicyclic) bond motifs is 1. The fourth-order valence-electron chi connectivity index (χ4n) is 8.20. The van der Waals surface area contributed by atoms with Gasteiger partial charge >= 0.3 is 5.97 Å². The largest absolute Gasteiger partial charge is 0.494 e. The van der Waals surface area contributed by atoms with Crippen LogP contribution in [0.2, 0.25) is 0 Å². The van der Waals surface area contributed by atoms with Gasteiger partial charge in [-0.2, -0.15) is 18.2 Å². The highest BCUT2D eigenvalue weighted by atomic mass is 32.2. The van der Waals surface area contributed by atoms with Gasteiger partial charge in [-0.1, -0.05) is 24.3 Å². The molecule has 6 rings (SSSR count). The van der Waals surface area contributed by atoms with E-state index >= 15 is 0 Å². The van der Waals surface area contributed by atoms with Crippen molar-refractivity contribution >= 4 is 72.5 Å². The van der Waals surface area contributed by atoms with E-state index in [-0.39, 0.29) is 62.3 Å². The lowest BCUT2D eigenvalue weighted by Gasteiger charge is -2.19. The van der Waals surface area contributed by atoms with Crippen molar-refractivity contribution in [3.8, 4) is 5.75 Å². The minimum Gasteiger partial charge on any atom is -0.494 e. The Balaban J connectivity index is 0.779. The lowest BCUT2D eigenvalue weighted by molar-refractivity contribution is -0.138. The minimum atomic E-state index is -4.45. The first-order valence-electron chi connectivity index (χ1n) is 25.8. The fourth-order valence-corrected chi connectivity index (χ4v) is 10.5. The number of aliphatic carboxylic acids is 1. The number of hydrogen-bond acceptors (Lipinski definition) is 16. The van der Waals surface area contributed by atoms with Gasteiger partial charge in [-0.05, 0) is 117 Å². The Kier molecular flexibility index (Phi) is 23.5. The third kappa shape index (κ3) is 19.4. The molecule has 9 N–H and O–H groups in total. The number of ether oxygens (including phenoxy) is 4. The number of pyridine rings is 1. The van der Waals surface area contributed by atoms with E-state index < -0.39 is 50.0 Å². The van der Waals surface area contributed by atoms with E-state index in [1.54, 1.807) is 60.3 Å². The molecule has 2 aromatic heterocycles. The van der Waals surface area contributed by atoms with E-state index in [9.17, 15) is 50.5 Å². The Morgan fingerprint density at radius 3 is 2.09 bits per heavy atom. The van der Waals surface area contributed by atoms with Gasteiger partial charge in [-0.25, -0.2) is 8.42 Å². The van der Waals surface area contributed by atoms with Crippen LogP contribution in [0.5, 0.6) is 5.75 Å². The number of carboxylic acids is 1. The smallest absolute Gasteiger partial charge is 0.323 e. The van der Waals surface area contributed by atoms with E-state index in [4.69, 9.17) is 18.9 Å². The zero-order valence-corrected chi connectivity index (χ0v) is 46.6. The zero-order valence-electron chi connectivity index (χ0n) is 45.0. The topological polar surface area (TPSA) is 336 Å². The predicted molar refractivity (Wildman–Crippen MR) is 303 cm³/mol. The predicted octanol–water partition coefficient (Wildman–Crippen LogP) is 4.48. The highest BCUT2D eigenvalue weighted by Gasteiger charge is 2.29. The van der Waals surface area contributed by atoms with Crippen LogP contribution in [0.15, 0.2) is 123 Å². The van der Waals surface area contributed by atoms with Crippen LogP contribution in [0.4, 0.5) is 11.5 Å². The summed E-state index contributed by atoms with van der Waals surface area (Å²) < 4.78 is 86.0. The van der Waals surface area contributed by atoms with E-state index in [2.05, 4.69) is 41.5 Å². The van der Waals surface area contributed by atoms with Gasteiger partial charge in [0.15, 0.2) is 0 Å². The molecular weight excluding hydrogens is 1090 g/mol. The summed E-state index contributed by atoms with van der Waals surface area (Å²) in [6.45, 7) is 6.18. The SMILES string of the molecule is Cc1cc(OCCCC(=O)NCCCOCCOCCOCCCNC(=O)c2ccc(N/N=C/c3ccccc3S(=O)(=O)O)cc2)cc(C)c1S(=O)(=O)N[C@@H](CNC(=O)c1cn(C)c2cc(CNc3ccc[nH]3)ccc2c1=O)C(=O)O. The van der Waals surface area contributed by atoms with Gasteiger partial charge in [0.2, 0.25) is 21.4 Å². The molecule has 0 fully saturated rings. The Morgan fingerprint density at radius 1 is 0.765 bits per heavy atom. The highest BCUT2D eigenvalue weighted by Crippen LogP contribution is 2.26. The molecule has 0 aliphatic rings. The minimum absolute atomic E-state index is 0.163. The monoisotopic (exact) mass is 1160 g/mol. The van der Waals surface area contributed by atoms with Crippen molar-refractivity contribution in [2.75, 3.05) is 76.6 Å². The van der Waals surface area contributed by atoms with Crippen LogP contribution in [0.1, 0.15) is 68.7 Å². The number of H-pyrrole nitrogens is 1. The van der Waals surface area contributed by atoms with E-state index in [1.165, 1.54) is 56.6 Å². The molecule has 434 valence electrons. The molecule has 6 aromatic rings. The summed E-state index contributed by atoms with van der Waals surface area (Å²) >= 11 is 0. The van der Waals surface area contributed by atoms with Crippen LogP contribution in [0.3, 0.4) is 0 Å². The summed E-state index contributed by atoms with van der Waals surface area (Å²) in [6, 6.07) is 22.5. The van der Waals surface area contributed by atoms with Crippen LogP contribution >= 0.6 is 0 Å². The number of hydrazone groups is 1. The average molecular weight is 1160 g/mol. The molecular formula is C55H67N9O15S2. The third-order valence-electron chi connectivity index (χ3n) is 12.2. The molecule has 24 nitrogen and oxygen atoms in total. The Labute approximate surface area is 468 Å². The number of carbonyl (C=O) groups excluding carboxylic acids is 3. The first-order chi connectivity index (χ1) is 38.8. The van der Waals surface area contributed by atoms with Crippen LogP contribution < -0.4 is 41.6 Å². The number of nitrogens with zero attached hydrogens (tertiary/aromatic N) is 2. The number of rotatable bonds is 34. The lowest BCUT2D eigenvalue weighted by Crippen LogP contribution is -2.49. The molecule has 0 unspecified atom stereocenters. The van der Waals surface area contributed by atoms with Gasteiger partial charge in [-0.3, -0.25) is 34.0 Å². The van der Waals surface area contributed by atoms with Gasteiger partial charge in [0.25, 0.3) is 21.9 Å². The Morgan fingerprint density at radius 2 is 1.43 bits per heavy atom. The summed E-state index contributed by atoms with van der Waals surface area (Å²) in [6.07, 6.45) is 6.15. The maximum atomic E-state index is 13.6. The van der Waals surface area contributed by atoms with Crippen molar-refractivity contribution in [3.05, 3.63) is 147 Å². The number of aromatic nitrogens is 2. The quantitative estimate of drug-likeness (QED) is 0.0116. The second kappa shape index (κ2) is 30.6. The number of nitrogens with one attached hydrogen (secondary N) is 7. The fraction of sp³-hybridized carbons (Fsp3) is 0.345. The Bertz CT molecular complexity index is 3410. The average Bonchev–Trinajstić information content (AvgIpc) is 3.96. The number of carbonyl (C=O) groups is 4. The molecule has 26 heteroatoms. The Hall–Kier alpha value is -7.98.